The first-order chi connectivity index (χ1) is 19.6. The highest BCUT2D eigenvalue weighted by molar-refractivity contribution is 5.47. The second kappa shape index (κ2) is 12.6. The Balaban J connectivity index is 1.61. The van der Waals surface area contributed by atoms with Crippen LogP contribution in [0.4, 0.5) is 30.7 Å². The summed E-state index contributed by atoms with van der Waals surface area (Å²) in [5, 5.41) is 11.6. The molecule has 4 atom stereocenters. The number of allylic oxidation sites excluding steroid dienone is 3. The maximum atomic E-state index is 14.1. The molecule has 1 aromatic rings. The van der Waals surface area contributed by atoms with Crippen LogP contribution in [0.3, 0.4) is 0 Å². The van der Waals surface area contributed by atoms with Crippen LogP contribution in [0.5, 0.6) is 0 Å². The van der Waals surface area contributed by atoms with E-state index >= 15 is 0 Å². The Morgan fingerprint density at radius 2 is 1.57 bits per heavy atom. The molecule has 6 nitrogen and oxygen atoms in total. The average molecular weight is 607 g/mol. The predicted octanol–water partition coefficient (Wildman–Crippen LogP) is 5.56. The van der Waals surface area contributed by atoms with E-state index in [0.29, 0.717) is 64.1 Å². The fourth-order valence-corrected chi connectivity index (χ4v) is 6.29. The van der Waals surface area contributed by atoms with Gasteiger partial charge in [-0.2, -0.15) is 26.3 Å². The number of rotatable bonds is 7. The number of alkyl halides is 6. The van der Waals surface area contributed by atoms with Crippen molar-refractivity contribution in [3.05, 3.63) is 57.9 Å². The van der Waals surface area contributed by atoms with Crippen molar-refractivity contribution in [2.45, 2.75) is 76.4 Å². The molecule has 1 aliphatic carbocycles. The van der Waals surface area contributed by atoms with Gasteiger partial charge in [-0.05, 0) is 81.1 Å². The lowest BCUT2D eigenvalue weighted by Gasteiger charge is -2.50. The van der Waals surface area contributed by atoms with E-state index < -0.39 is 35.9 Å². The average Bonchev–Trinajstić information content (AvgIpc) is 2.94. The van der Waals surface area contributed by atoms with Gasteiger partial charge in [0.15, 0.2) is 6.35 Å². The third-order valence-electron chi connectivity index (χ3n) is 8.91. The summed E-state index contributed by atoms with van der Waals surface area (Å²) in [7, 11) is 1.46. The van der Waals surface area contributed by atoms with Crippen LogP contribution >= 0.6 is 0 Å². The molecule has 234 valence electrons. The molecule has 1 amide bonds. The SMILES string of the molecule is CC1=C(C2CC(N3CCN(C=O)CC3)CCN2C(O)N(C)C(C)c2cc(C(F)(F)F)cc(C(F)(F)F)c2)CCC(F)=C1. The number of carbonyl (C=O) groups is 1. The van der Waals surface area contributed by atoms with Gasteiger partial charge in [-0.15, -0.1) is 0 Å². The summed E-state index contributed by atoms with van der Waals surface area (Å²) in [6, 6.07) is 0.267. The highest BCUT2D eigenvalue weighted by atomic mass is 19.4. The number of piperidine rings is 1. The Morgan fingerprint density at radius 3 is 2.10 bits per heavy atom. The molecule has 0 bridgehead atoms. The number of likely N-dealkylation sites (tertiary alicyclic amines) is 1. The number of hydrogen-bond acceptors (Lipinski definition) is 5. The zero-order valence-electron chi connectivity index (χ0n) is 23.9. The van der Waals surface area contributed by atoms with Crippen molar-refractivity contribution in [1.82, 2.24) is 19.6 Å². The van der Waals surface area contributed by atoms with Crippen LogP contribution in [0.15, 0.2) is 41.2 Å². The molecule has 2 saturated heterocycles. The molecule has 42 heavy (non-hydrogen) atoms. The summed E-state index contributed by atoms with van der Waals surface area (Å²) >= 11 is 0. The number of carbonyl (C=O) groups excluding carboxylic acids is 1. The van der Waals surface area contributed by atoms with E-state index in [-0.39, 0.29) is 36.0 Å². The van der Waals surface area contributed by atoms with Gasteiger partial charge >= 0.3 is 12.4 Å². The molecule has 0 aromatic heterocycles. The summed E-state index contributed by atoms with van der Waals surface area (Å²) in [6.45, 7) is 6.25. The van der Waals surface area contributed by atoms with Crippen LogP contribution in [0.25, 0.3) is 0 Å². The van der Waals surface area contributed by atoms with Crippen molar-refractivity contribution in [3.8, 4) is 0 Å². The Kier molecular flexibility index (Phi) is 9.75. The molecule has 4 unspecified atom stereocenters. The quantitative estimate of drug-likeness (QED) is 0.250. The number of halogens is 7. The predicted molar refractivity (Wildman–Crippen MR) is 142 cm³/mol. The minimum Gasteiger partial charge on any atom is -0.365 e. The summed E-state index contributed by atoms with van der Waals surface area (Å²) < 4.78 is 95.1. The van der Waals surface area contributed by atoms with Gasteiger partial charge in [-0.3, -0.25) is 19.5 Å². The lowest BCUT2D eigenvalue weighted by Crippen LogP contribution is -2.60. The number of benzene rings is 1. The fraction of sp³-hybridized carbons (Fsp3) is 0.621. The Morgan fingerprint density at radius 1 is 0.976 bits per heavy atom. The molecular weight excluding hydrogens is 569 g/mol. The van der Waals surface area contributed by atoms with E-state index in [9.17, 15) is 40.6 Å². The highest BCUT2D eigenvalue weighted by Gasteiger charge is 2.41. The highest BCUT2D eigenvalue weighted by Crippen LogP contribution is 2.40. The Bertz CT molecular complexity index is 1160. The first-order valence-electron chi connectivity index (χ1n) is 14.0. The minimum atomic E-state index is -4.98. The molecule has 2 fully saturated rings. The Hall–Kier alpha value is -2.48. The molecule has 0 radical (unpaired) electrons. The van der Waals surface area contributed by atoms with Gasteiger partial charge < -0.3 is 10.0 Å². The largest absolute Gasteiger partial charge is 0.416 e. The van der Waals surface area contributed by atoms with Crippen molar-refractivity contribution in [2.75, 3.05) is 39.8 Å². The van der Waals surface area contributed by atoms with E-state index in [1.807, 2.05) is 4.90 Å². The maximum absolute atomic E-state index is 14.1. The lowest BCUT2D eigenvalue weighted by atomic mass is 9.84. The monoisotopic (exact) mass is 606 g/mol. The van der Waals surface area contributed by atoms with Gasteiger partial charge in [0.2, 0.25) is 6.41 Å². The molecule has 2 heterocycles. The van der Waals surface area contributed by atoms with Gasteiger partial charge in [0.25, 0.3) is 0 Å². The molecule has 4 rings (SSSR count). The summed E-state index contributed by atoms with van der Waals surface area (Å²) in [4.78, 5) is 18.3. The second-order valence-electron chi connectivity index (χ2n) is 11.4. The summed E-state index contributed by atoms with van der Waals surface area (Å²) in [5.41, 5.74) is -1.35. The molecule has 0 spiro atoms. The van der Waals surface area contributed by atoms with Crippen LogP contribution in [-0.4, -0.2) is 89.3 Å². The number of hydrogen-bond donors (Lipinski definition) is 1. The van der Waals surface area contributed by atoms with E-state index in [1.54, 1.807) is 11.8 Å². The van der Waals surface area contributed by atoms with E-state index in [4.69, 9.17) is 0 Å². The van der Waals surface area contributed by atoms with Gasteiger partial charge in [0.1, 0.15) is 5.83 Å². The van der Waals surface area contributed by atoms with Crippen LogP contribution in [0.1, 0.15) is 62.3 Å². The van der Waals surface area contributed by atoms with Crippen LogP contribution < -0.4 is 0 Å². The van der Waals surface area contributed by atoms with Crippen molar-refractivity contribution >= 4 is 6.41 Å². The topological polar surface area (TPSA) is 50.3 Å². The smallest absolute Gasteiger partial charge is 0.365 e. The molecule has 3 aliphatic rings. The molecular formula is C29H37F7N4O2. The molecule has 0 saturated carbocycles. The van der Waals surface area contributed by atoms with Gasteiger partial charge in [-0.1, -0.05) is 0 Å². The first-order valence-corrected chi connectivity index (χ1v) is 14.0. The fourth-order valence-electron chi connectivity index (χ4n) is 6.29. The van der Waals surface area contributed by atoms with E-state index in [1.165, 1.54) is 24.9 Å². The van der Waals surface area contributed by atoms with Crippen molar-refractivity contribution < 1.29 is 40.6 Å². The minimum absolute atomic E-state index is 0.0906. The molecule has 2 aliphatic heterocycles. The Labute approximate surface area is 241 Å². The number of aliphatic hydroxyl groups excluding tert-OH is 1. The van der Waals surface area contributed by atoms with Crippen molar-refractivity contribution in [3.63, 3.8) is 0 Å². The number of piperazine rings is 1. The van der Waals surface area contributed by atoms with E-state index in [0.717, 1.165) is 17.6 Å². The van der Waals surface area contributed by atoms with Crippen molar-refractivity contribution in [2.24, 2.45) is 0 Å². The zero-order chi connectivity index (χ0) is 31.0. The van der Waals surface area contributed by atoms with Crippen LogP contribution in [0, 0.1) is 0 Å². The normalized spacial score (nSPS) is 25.0. The number of aliphatic hydroxyl groups is 1. The zero-order valence-corrected chi connectivity index (χ0v) is 23.9. The summed E-state index contributed by atoms with van der Waals surface area (Å²) in [6.07, 6.45) is -7.08. The van der Waals surface area contributed by atoms with Crippen LogP contribution in [-0.2, 0) is 17.1 Å². The molecule has 1 aromatic carbocycles. The maximum Gasteiger partial charge on any atom is 0.416 e. The molecule has 1 N–H and O–H groups in total. The van der Waals surface area contributed by atoms with Gasteiger partial charge in [0.05, 0.1) is 11.1 Å². The third-order valence-corrected chi connectivity index (χ3v) is 8.91. The van der Waals surface area contributed by atoms with Crippen LogP contribution in [0.2, 0.25) is 0 Å². The number of amides is 1. The standard InChI is InChI=1S/C29H37F7N4O2/c1-18-12-23(30)4-5-25(18)26-16-24(39-10-8-38(17-41)9-11-39)6-7-40(26)27(42)37(3)19(2)20-13-21(28(31,32)33)15-22(14-20)29(34,35)36/h12-15,17,19,24,26-27,42H,4-11,16H2,1-3H3. The van der Waals surface area contributed by atoms with Crippen molar-refractivity contribution in [1.29, 1.82) is 0 Å². The second-order valence-corrected chi connectivity index (χ2v) is 11.4. The third kappa shape index (κ3) is 7.17. The molecule has 13 heteroatoms. The first kappa shape index (κ1) is 32.4. The van der Waals surface area contributed by atoms with Gasteiger partial charge in [-0.25, -0.2) is 4.39 Å². The lowest BCUT2D eigenvalue weighted by molar-refractivity contribution is -0.146. The van der Waals surface area contributed by atoms with E-state index in [2.05, 4.69) is 4.90 Å². The van der Waals surface area contributed by atoms with Gasteiger partial charge in [0, 0.05) is 57.3 Å². The number of nitrogens with zero attached hydrogens (tertiary/aromatic N) is 4. The summed E-state index contributed by atoms with van der Waals surface area (Å²) in [5.74, 6) is -0.239.